The lowest BCUT2D eigenvalue weighted by Gasteiger charge is -2.13. The van der Waals surface area contributed by atoms with Gasteiger partial charge in [-0.05, 0) is 49.6 Å². The number of benzene rings is 2. The average Bonchev–Trinajstić information content (AvgIpc) is 3.12. The summed E-state index contributed by atoms with van der Waals surface area (Å²) in [5.41, 5.74) is 3.21. The maximum atomic E-state index is 11.1. The Hall–Kier alpha value is -3.28. The Bertz CT molecular complexity index is 1040. The summed E-state index contributed by atoms with van der Waals surface area (Å²) in [5.74, 6) is 2.53. The minimum absolute atomic E-state index is 0.000159. The van der Waals surface area contributed by atoms with Crippen LogP contribution in [0.3, 0.4) is 0 Å². The Morgan fingerprint density at radius 3 is 2.77 bits per heavy atom. The lowest BCUT2D eigenvalue weighted by Crippen LogP contribution is -2.21. The van der Waals surface area contributed by atoms with Gasteiger partial charge in [-0.2, -0.15) is 0 Å². The number of hydrogen-bond donors (Lipinski definition) is 1. The standard InChI is InChI=1S/C25H31N3O3/c1-4-9-20-13-14-23(24(18-20)30-3)31-17-8-16-28-22-11-6-5-10-21(22)27-25(28)12-7-15-26-19(2)29/h4-6,9-11,13-14,18H,7-8,12,15-17H2,1-3H3,(H,26,29)/b9-4+. The van der Waals surface area contributed by atoms with E-state index in [0.29, 0.717) is 13.2 Å². The normalized spacial score (nSPS) is 11.2. The van der Waals surface area contributed by atoms with E-state index in [0.717, 1.165) is 59.7 Å². The monoisotopic (exact) mass is 421 g/mol. The lowest BCUT2D eigenvalue weighted by molar-refractivity contribution is -0.118. The zero-order valence-electron chi connectivity index (χ0n) is 18.6. The number of rotatable bonds is 11. The van der Waals surface area contributed by atoms with Gasteiger partial charge >= 0.3 is 0 Å². The van der Waals surface area contributed by atoms with Crippen LogP contribution < -0.4 is 14.8 Å². The van der Waals surface area contributed by atoms with Crippen LogP contribution in [-0.4, -0.2) is 35.7 Å². The van der Waals surface area contributed by atoms with E-state index in [1.807, 2.05) is 55.5 Å². The summed E-state index contributed by atoms with van der Waals surface area (Å²) in [6, 6.07) is 14.1. The first-order valence-electron chi connectivity index (χ1n) is 10.7. The number of allylic oxidation sites excluding steroid dienone is 1. The highest BCUT2D eigenvalue weighted by Crippen LogP contribution is 2.29. The molecule has 164 valence electrons. The number of ether oxygens (including phenoxy) is 2. The molecule has 0 aliphatic heterocycles. The van der Waals surface area contributed by atoms with Crippen molar-refractivity contribution >= 4 is 23.0 Å². The number of carbonyl (C=O) groups is 1. The number of imidazole rings is 1. The number of para-hydroxylation sites is 2. The van der Waals surface area contributed by atoms with Gasteiger partial charge in [-0.15, -0.1) is 0 Å². The summed E-state index contributed by atoms with van der Waals surface area (Å²) in [4.78, 5) is 15.9. The van der Waals surface area contributed by atoms with Gasteiger partial charge in [0.15, 0.2) is 11.5 Å². The number of carbonyl (C=O) groups excluding carboxylic acids is 1. The highest BCUT2D eigenvalue weighted by molar-refractivity contribution is 5.76. The lowest BCUT2D eigenvalue weighted by atomic mass is 10.2. The molecule has 6 nitrogen and oxygen atoms in total. The molecule has 1 aromatic heterocycles. The molecule has 0 atom stereocenters. The summed E-state index contributed by atoms with van der Waals surface area (Å²) >= 11 is 0. The molecule has 1 heterocycles. The minimum atomic E-state index is -0.000159. The Morgan fingerprint density at radius 2 is 2.00 bits per heavy atom. The molecule has 0 spiro atoms. The summed E-state index contributed by atoms with van der Waals surface area (Å²) in [6.07, 6.45) is 6.55. The Balaban J connectivity index is 1.62. The van der Waals surface area contributed by atoms with Crippen molar-refractivity contribution in [2.75, 3.05) is 20.3 Å². The van der Waals surface area contributed by atoms with E-state index in [4.69, 9.17) is 14.5 Å². The fourth-order valence-corrected chi connectivity index (χ4v) is 3.58. The van der Waals surface area contributed by atoms with Crippen molar-refractivity contribution in [1.82, 2.24) is 14.9 Å². The van der Waals surface area contributed by atoms with E-state index in [9.17, 15) is 4.79 Å². The predicted molar refractivity (Wildman–Crippen MR) is 125 cm³/mol. The van der Waals surface area contributed by atoms with Gasteiger partial charge in [-0.25, -0.2) is 4.98 Å². The number of hydrogen-bond acceptors (Lipinski definition) is 4. The number of aryl methyl sites for hydroxylation is 2. The largest absolute Gasteiger partial charge is 0.493 e. The van der Waals surface area contributed by atoms with E-state index in [1.54, 1.807) is 7.11 Å². The molecule has 31 heavy (non-hydrogen) atoms. The third kappa shape index (κ3) is 6.10. The van der Waals surface area contributed by atoms with Gasteiger partial charge < -0.3 is 19.4 Å². The van der Waals surface area contributed by atoms with Gasteiger partial charge in [0, 0.05) is 26.4 Å². The first-order valence-corrected chi connectivity index (χ1v) is 10.7. The number of fused-ring (bicyclic) bond motifs is 1. The number of amides is 1. The average molecular weight is 422 g/mol. The van der Waals surface area contributed by atoms with Crippen LogP contribution in [0.1, 0.15) is 38.1 Å². The van der Waals surface area contributed by atoms with Gasteiger partial charge in [0.2, 0.25) is 5.91 Å². The van der Waals surface area contributed by atoms with E-state index in [-0.39, 0.29) is 5.91 Å². The van der Waals surface area contributed by atoms with Crippen molar-refractivity contribution in [3.63, 3.8) is 0 Å². The molecule has 0 aliphatic rings. The molecule has 0 unspecified atom stereocenters. The second kappa shape index (κ2) is 11.2. The third-order valence-corrected chi connectivity index (χ3v) is 5.02. The molecule has 0 radical (unpaired) electrons. The van der Waals surface area contributed by atoms with Crippen molar-refractivity contribution in [1.29, 1.82) is 0 Å². The molecule has 1 amide bonds. The van der Waals surface area contributed by atoms with Crippen LogP contribution in [0.25, 0.3) is 17.1 Å². The second-order valence-corrected chi connectivity index (χ2v) is 7.37. The predicted octanol–water partition coefficient (Wildman–Crippen LogP) is 4.62. The maximum absolute atomic E-state index is 11.1. The van der Waals surface area contributed by atoms with Crippen molar-refractivity contribution in [2.45, 2.75) is 39.7 Å². The van der Waals surface area contributed by atoms with Gasteiger partial charge in [0.25, 0.3) is 0 Å². The van der Waals surface area contributed by atoms with Crippen molar-refractivity contribution in [3.8, 4) is 11.5 Å². The van der Waals surface area contributed by atoms with Crippen LogP contribution in [-0.2, 0) is 17.8 Å². The fraction of sp³-hybridized carbons (Fsp3) is 0.360. The van der Waals surface area contributed by atoms with Crippen LogP contribution in [0.15, 0.2) is 48.5 Å². The van der Waals surface area contributed by atoms with Crippen LogP contribution >= 0.6 is 0 Å². The van der Waals surface area contributed by atoms with Gasteiger partial charge in [0.1, 0.15) is 5.82 Å². The topological polar surface area (TPSA) is 65.4 Å². The zero-order valence-corrected chi connectivity index (χ0v) is 18.6. The van der Waals surface area contributed by atoms with Gasteiger partial charge in [-0.1, -0.05) is 30.4 Å². The van der Waals surface area contributed by atoms with E-state index >= 15 is 0 Å². The fourth-order valence-electron chi connectivity index (χ4n) is 3.58. The molecule has 6 heteroatoms. The number of methoxy groups -OCH3 is 1. The minimum Gasteiger partial charge on any atom is -0.493 e. The smallest absolute Gasteiger partial charge is 0.216 e. The Labute approximate surface area is 183 Å². The van der Waals surface area contributed by atoms with E-state index in [1.165, 1.54) is 6.92 Å². The molecular weight excluding hydrogens is 390 g/mol. The Kier molecular flexibility index (Phi) is 8.10. The van der Waals surface area contributed by atoms with E-state index in [2.05, 4.69) is 16.0 Å². The second-order valence-electron chi connectivity index (χ2n) is 7.37. The third-order valence-electron chi connectivity index (χ3n) is 5.02. The van der Waals surface area contributed by atoms with Crippen LogP contribution in [0.2, 0.25) is 0 Å². The van der Waals surface area contributed by atoms with E-state index < -0.39 is 0 Å². The summed E-state index contributed by atoms with van der Waals surface area (Å²) in [6.45, 7) is 5.58. The first kappa shape index (κ1) is 22.4. The molecule has 0 saturated heterocycles. The Morgan fingerprint density at radius 1 is 1.16 bits per heavy atom. The highest BCUT2D eigenvalue weighted by Gasteiger charge is 2.11. The maximum Gasteiger partial charge on any atom is 0.216 e. The van der Waals surface area contributed by atoms with Crippen LogP contribution in [0.5, 0.6) is 11.5 Å². The van der Waals surface area contributed by atoms with Crippen LogP contribution in [0.4, 0.5) is 0 Å². The molecule has 1 N–H and O–H groups in total. The number of nitrogens with zero attached hydrogens (tertiary/aromatic N) is 2. The molecule has 2 aromatic carbocycles. The summed E-state index contributed by atoms with van der Waals surface area (Å²) in [7, 11) is 1.66. The quantitative estimate of drug-likeness (QED) is 0.459. The highest BCUT2D eigenvalue weighted by atomic mass is 16.5. The number of nitrogens with one attached hydrogen (secondary N) is 1. The molecular formula is C25H31N3O3. The summed E-state index contributed by atoms with van der Waals surface area (Å²) in [5, 5.41) is 2.85. The van der Waals surface area contributed by atoms with Crippen LogP contribution in [0, 0.1) is 0 Å². The zero-order chi connectivity index (χ0) is 22.1. The van der Waals surface area contributed by atoms with Crippen molar-refractivity contribution < 1.29 is 14.3 Å². The molecule has 3 rings (SSSR count). The molecule has 3 aromatic rings. The molecule has 0 saturated carbocycles. The first-order chi connectivity index (χ1) is 15.1. The molecule has 0 aliphatic carbocycles. The SMILES string of the molecule is C/C=C/c1ccc(OCCCn2c(CCCNC(C)=O)nc3ccccc32)c(OC)c1. The molecule has 0 fully saturated rings. The van der Waals surface area contributed by atoms with Crippen molar-refractivity contribution in [3.05, 3.63) is 59.9 Å². The molecule has 0 bridgehead atoms. The van der Waals surface area contributed by atoms with Gasteiger partial charge in [0.05, 0.1) is 24.8 Å². The van der Waals surface area contributed by atoms with Crippen molar-refractivity contribution in [2.24, 2.45) is 0 Å². The summed E-state index contributed by atoms with van der Waals surface area (Å²) < 4.78 is 13.7. The van der Waals surface area contributed by atoms with Gasteiger partial charge in [-0.3, -0.25) is 4.79 Å². The number of aromatic nitrogens is 2.